The minimum absolute atomic E-state index is 0.157. The Morgan fingerprint density at radius 2 is 1.77 bits per heavy atom. The number of hydrogen-bond acceptors (Lipinski definition) is 4. The molecule has 30 heavy (non-hydrogen) atoms. The molecule has 3 saturated carbocycles. The van der Waals surface area contributed by atoms with E-state index < -0.39 is 14.9 Å². The van der Waals surface area contributed by atoms with Gasteiger partial charge in [-0.05, 0) is 108 Å². The topological polar surface area (TPSA) is 60.4 Å². The van der Waals surface area contributed by atoms with Crippen molar-refractivity contribution in [1.82, 2.24) is 0 Å². The van der Waals surface area contributed by atoms with Gasteiger partial charge in [0, 0.05) is 5.92 Å². The Labute approximate surface area is 183 Å². The smallest absolute Gasteiger partial charge is 0.272 e. The van der Waals surface area contributed by atoms with E-state index in [4.69, 9.17) is 4.18 Å². The maximum absolute atomic E-state index is 12.6. The summed E-state index contributed by atoms with van der Waals surface area (Å²) >= 11 is 0. The zero-order valence-electron chi connectivity index (χ0n) is 19.7. The van der Waals surface area contributed by atoms with Crippen LogP contribution in [0.3, 0.4) is 0 Å². The molecule has 0 aromatic rings. The number of allylic oxidation sites excluding steroid dienone is 1. The van der Waals surface area contributed by atoms with Crippen molar-refractivity contribution in [3.63, 3.8) is 0 Å². The number of hydrogen-bond donors (Lipinski definition) is 0. The van der Waals surface area contributed by atoms with Crippen molar-refractivity contribution < 1.29 is 17.4 Å². The van der Waals surface area contributed by atoms with Crippen LogP contribution in [0, 0.1) is 34.5 Å². The van der Waals surface area contributed by atoms with Crippen LogP contribution in [0.15, 0.2) is 11.6 Å². The summed E-state index contributed by atoms with van der Waals surface area (Å²) in [5.74, 6) is 2.59. The number of Topliss-reactive ketones (excluding diaryl/α,β-unsaturated/α-hetero) is 1. The average molecular weight is 437 g/mol. The Morgan fingerprint density at radius 1 is 1.07 bits per heavy atom. The van der Waals surface area contributed by atoms with Crippen LogP contribution in [-0.2, 0) is 19.1 Å². The number of fused-ring (bicyclic) bond motifs is 5. The van der Waals surface area contributed by atoms with E-state index in [1.807, 2.05) is 0 Å². The van der Waals surface area contributed by atoms with Gasteiger partial charge in [0.05, 0.1) is 10.9 Å². The normalized spacial score (nSPS) is 43.9. The third-order valence-corrected chi connectivity index (χ3v) is 11.6. The maximum atomic E-state index is 12.6. The quantitative estimate of drug-likeness (QED) is 0.422. The first-order valence-electron chi connectivity index (χ1n) is 11.9. The standard InChI is InChI=1S/C25H40O4S/c1-16(26)20-9-10-21-19-8-7-17-15-18(29-30(27,28)23(2,3)4)11-13-24(17,5)22(19)12-14-25(20,21)6/h7,18-22H,8-15H2,1-6H3. The first kappa shape index (κ1) is 22.5. The van der Waals surface area contributed by atoms with Gasteiger partial charge in [-0.3, -0.25) is 8.98 Å². The molecule has 5 heteroatoms. The van der Waals surface area contributed by atoms with Gasteiger partial charge in [-0.1, -0.05) is 25.5 Å². The van der Waals surface area contributed by atoms with E-state index >= 15 is 0 Å². The van der Waals surface area contributed by atoms with Crippen LogP contribution in [0.1, 0.15) is 92.9 Å². The fourth-order valence-electron chi connectivity index (χ4n) is 7.70. The van der Waals surface area contributed by atoms with Crippen LogP contribution in [0.2, 0.25) is 0 Å². The molecule has 0 aromatic heterocycles. The number of carbonyl (C=O) groups is 1. The second kappa shape index (κ2) is 7.16. The second-order valence-corrected chi connectivity index (χ2v) is 14.4. The molecule has 4 nitrogen and oxygen atoms in total. The van der Waals surface area contributed by atoms with E-state index in [2.05, 4.69) is 19.9 Å². The van der Waals surface area contributed by atoms with Crippen LogP contribution >= 0.6 is 0 Å². The number of carbonyl (C=O) groups excluding carboxylic acids is 1. The minimum Gasteiger partial charge on any atom is -0.300 e. The maximum Gasteiger partial charge on any atom is 0.272 e. The lowest BCUT2D eigenvalue weighted by atomic mass is 9.47. The molecule has 170 valence electrons. The molecule has 4 aliphatic rings. The van der Waals surface area contributed by atoms with E-state index in [0.29, 0.717) is 23.5 Å². The largest absolute Gasteiger partial charge is 0.300 e. The molecule has 7 atom stereocenters. The summed E-state index contributed by atoms with van der Waals surface area (Å²) in [6.45, 7) is 11.7. The van der Waals surface area contributed by atoms with Gasteiger partial charge in [0.1, 0.15) is 5.78 Å². The molecular formula is C25H40O4S. The summed E-state index contributed by atoms with van der Waals surface area (Å²) in [5, 5.41) is 0. The highest BCUT2D eigenvalue weighted by Crippen LogP contribution is 2.66. The molecule has 0 aliphatic heterocycles. The number of rotatable bonds is 3. The highest BCUT2D eigenvalue weighted by molar-refractivity contribution is 7.88. The molecular weight excluding hydrogens is 396 g/mol. The molecule has 0 amide bonds. The van der Waals surface area contributed by atoms with Crippen molar-refractivity contribution in [3.8, 4) is 0 Å². The average Bonchev–Trinajstić information content (AvgIpc) is 2.98. The lowest BCUT2D eigenvalue weighted by molar-refractivity contribution is -0.127. The molecule has 3 fully saturated rings. The van der Waals surface area contributed by atoms with Crippen molar-refractivity contribution in [2.24, 2.45) is 34.5 Å². The summed E-state index contributed by atoms with van der Waals surface area (Å²) in [6, 6.07) is 0. The van der Waals surface area contributed by atoms with E-state index in [1.54, 1.807) is 27.7 Å². The van der Waals surface area contributed by atoms with Crippen molar-refractivity contribution in [2.75, 3.05) is 0 Å². The Bertz CT molecular complexity index is 851. The van der Waals surface area contributed by atoms with Crippen molar-refractivity contribution in [1.29, 1.82) is 0 Å². The monoisotopic (exact) mass is 436 g/mol. The molecule has 0 radical (unpaired) electrons. The van der Waals surface area contributed by atoms with Gasteiger partial charge >= 0.3 is 0 Å². The SMILES string of the molecule is CC(=O)C1CCC2C3CC=C4CC(OS(=O)(=O)C(C)(C)C)CCC4(C)C3CCC12C. The summed E-state index contributed by atoms with van der Waals surface area (Å²) in [4.78, 5) is 12.3. The molecule has 0 saturated heterocycles. The fourth-order valence-corrected chi connectivity index (χ4v) is 8.51. The highest BCUT2D eigenvalue weighted by atomic mass is 32.2. The van der Waals surface area contributed by atoms with Gasteiger partial charge in [0.25, 0.3) is 10.1 Å². The van der Waals surface area contributed by atoms with Crippen LogP contribution in [0.25, 0.3) is 0 Å². The van der Waals surface area contributed by atoms with E-state index in [9.17, 15) is 13.2 Å². The molecule has 0 aromatic carbocycles. The summed E-state index contributed by atoms with van der Waals surface area (Å²) < 4.78 is 29.9. The molecule has 0 spiro atoms. The van der Waals surface area contributed by atoms with Crippen molar-refractivity contribution in [3.05, 3.63) is 11.6 Å². The Kier molecular flexibility index (Phi) is 5.38. The van der Waals surface area contributed by atoms with Gasteiger partial charge in [-0.2, -0.15) is 8.42 Å². The predicted molar refractivity (Wildman–Crippen MR) is 119 cm³/mol. The zero-order chi connectivity index (χ0) is 22.1. The van der Waals surface area contributed by atoms with Gasteiger partial charge in [0.2, 0.25) is 0 Å². The van der Waals surface area contributed by atoms with Gasteiger partial charge in [-0.25, -0.2) is 0 Å². The van der Waals surface area contributed by atoms with Crippen molar-refractivity contribution >= 4 is 15.9 Å². The van der Waals surface area contributed by atoms with Crippen LogP contribution in [0.5, 0.6) is 0 Å². The third-order valence-electron chi connectivity index (χ3n) is 9.56. The first-order valence-corrected chi connectivity index (χ1v) is 13.3. The van der Waals surface area contributed by atoms with Gasteiger partial charge in [0.15, 0.2) is 0 Å². The first-order chi connectivity index (χ1) is 13.8. The summed E-state index contributed by atoms with van der Waals surface area (Å²) in [7, 11) is -3.57. The lowest BCUT2D eigenvalue weighted by Crippen LogP contribution is -2.51. The lowest BCUT2D eigenvalue weighted by Gasteiger charge is -2.58. The Hall–Kier alpha value is -0.680. The van der Waals surface area contributed by atoms with E-state index in [1.165, 1.54) is 18.4 Å². The van der Waals surface area contributed by atoms with Crippen LogP contribution in [-0.4, -0.2) is 25.1 Å². The molecule has 0 N–H and O–H groups in total. The molecule has 7 unspecified atom stereocenters. The molecule has 4 aliphatic carbocycles. The second-order valence-electron chi connectivity index (χ2n) is 12.1. The minimum atomic E-state index is -3.57. The van der Waals surface area contributed by atoms with Crippen LogP contribution in [0.4, 0.5) is 0 Å². The van der Waals surface area contributed by atoms with Crippen LogP contribution < -0.4 is 0 Å². The van der Waals surface area contributed by atoms with E-state index in [-0.39, 0.29) is 22.9 Å². The van der Waals surface area contributed by atoms with Gasteiger partial charge < -0.3 is 0 Å². The summed E-state index contributed by atoms with van der Waals surface area (Å²) in [6.07, 6.45) is 10.4. The number of ketones is 1. The van der Waals surface area contributed by atoms with Crippen molar-refractivity contribution in [2.45, 2.75) is 104 Å². The predicted octanol–water partition coefficient (Wildman–Crippen LogP) is 5.67. The molecule has 0 bridgehead atoms. The van der Waals surface area contributed by atoms with Gasteiger partial charge in [-0.15, -0.1) is 0 Å². The molecule has 0 heterocycles. The fraction of sp³-hybridized carbons (Fsp3) is 0.880. The van der Waals surface area contributed by atoms with E-state index in [0.717, 1.165) is 38.5 Å². The highest BCUT2D eigenvalue weighted by Gasteiger charge is 2.59. The third kappa shape index (κ3) is 3.34. The molecule has 4 rings (SSSR count). The zero-order valence-corrected chi connectivity index (χ0v) is 20.5. The summed E-state index contributed by atoms with van der Waals surface area (Å²) in [5.41, 5.74) is 1.76. The Balaban J connectivity index is 1.55. The Morgan fingerprint density at radius 3 is 2.40 bits per heavy atom.